The van der Waals surface area contributed by atoms with Crippen LogP contribution < -0.4 is 5.32 Å². The molecule has 0 bridgehead atoms. The lowest BCUT2D eigenvalue weighted by Gasteiger charge is -2.30. The molecule has 1 aromatic carbocycles. The maximum atomic E-state index is 13.4. The van der Waals surface area contributed by atoms with E-state index in [1.807, 2.05) is 0 Å². The van der Waals surface area contributed by atoms with Crippen molar-refractivity contribution < 1.29 is 17.9 Å². The number of ether oxygens (including phenoxy) is 1. The molecule has 0 saturated carbocycles. The average Bonchev–Trinajstić information content (AvgIpc) is 3.40. The fraction of sp³-hybridized carbons (Fsp3) is 0.545. The summed E-state index contributed by atoms with van der Waals surface area (Å²) in [5.74, 6) is -0.192. The van der Waals surface area contributed by atoms with Crippen LogP contribution in [0.15, 0.2) is 29.2 Å². The number of rotatable bonds is 6. The van der Waals surface area contributed by atoms with Crippen molar-refractivity contribution in [2.45, 2.75) is 50.5 Å². The summed E-state index contributed by atoms with van der Waals surface area (Å²) in [4.78, 5) is 12.7. The number of aromatic nitrogens is 2. The van der Waals surface area contributed by atoms with Crippen LogP contribution in [0.2, 0.25) is 5.02 Å². The van der Waals surface area contributed by atoms with Gasteiger partial charge in [-0.3, -0.25) is 4.79 Å². The SMILES string of the molecule is Cc1nn(-c2ccc(Cl)cc2)c(C)c1S(=O)(=O)N1CCC(C(=O)NC[C@H]2CCCO2)CC1. The molecule has 0 radical (unpaired) electrons. The van der Waals surface area contributed by atoms with Gasteiger partial charge >= 0.3 is 0 Å². The molecule has 4 rings (SSSR count). The molecule has 8 nitrogen and oxygen atoms in total. The van der Waals surface area contributed by atoms with Crippen molar-refractivity contribution in [2.24, 2.45) is 5.92 Å². The van der Waals surface area contributed by atoms with E-state index in [9.17, 15) is 13.2 Å². The van der Waals surface area contributed by atoms with E-state index < -0.39 is 10.0 Å². The first-order chi connectivity index (χ1) is 15.3. The lowest BCUT2D eigenvalue weighted by atomic mass is 9.97. The lowest BCUT2D eigenvalue weighted by molar-refractivity contribution is -0.126. The Morgan fingerprint density at radius 1 is 1.19 bits per heavy atom. The maximum absolute atomic E-state index is 13.4. The number of sulfonamides is 1. The molecule has 1 amide bonds. The van der Waals surface area contributed by atoms with Gasteiger partial charge in [0.15, 0.2) is 0 Å². The van der Waals surface area contributed by atoms with Gasteiger partial charge in [-0.2, -0.15) is 9.40 Å². The van der Waals surface area contributed by atoms with Crippen LogP contribution in [0.25, 0.3) is 5.69 Å². The van der Waals surface area contributed by atoms with E-state index in [4.69, 9.17) is 16.3 Å². The number of piperidine rings is 1. The standard InChI is InChI=1S/C22H29ClN4O4S/c1-15-21(16(2)27(25-15)19-7-5-18(23)6-8-19)32(29,30)26-11-9-17(10-12-26)22(28)24-14-20-4-3-13-31-20/h5-8,17,20H,3-4,9-14H2,1-2H3,(H,24,28)/t20-/m1/s1. The van der Waals surface area contributed by atoms with E-state index in [0.29, 0.717) is 48.9 Å². The summed E-state index contributed by atoms with van der Waals surface area (Å²) in [6.45, 7) is 5.37. The first-order valence-electron chi connectivity index (χ1n) is 11.0. The van der Waals surface area contributed by atoms with Crippen LogP contribution in [0.3, 0.4) is 0 Å². The van der Waals surface area contributed by atoms with Gasteiger partial charge in [0.2, 0.25) is 15.9 Å². The van der Waals surface area contributed by atoms with Gasteiger partial charge in [-0.05, 0) is 63.8 Å². The lowest BCUT2D eigenvalue weighted by Crippen LogP contribution is -2.44. The van der Waals surface area contributed by atoms with Crippen LogP contribution in [-0.2, 0) is 19.6 Å². The number of carbonyl (C=O) groups excluding carboxylic acids is 1. The third-order valence-corrected chi connectivity index (χ3v) is 8.65. The molecule has 174 valence electrons. The van der Waals surface area contributed by atoms with Gasteiger partial charge in [0, 0.05) is 37.2 Å². The monoisotopic (exact) mass is 480 g/mol. The third kappa shape index (κ3) is 4.71. The minimum absolute atomic E-state index is 0.0135. The fourth-order valence-corrected chi connectivity index (χ4v) is 6.44. The first kappa shape index (κ1) is 23.2. The number of nitrogens with zero attached hydrogens (tertiary/aromatic N) is 3. The van der Waals surface area contributed by atoms with Crippen molar-refractivity contribution in [2.75, 3.05) is 26.2 Å². The van der Waals surface area contributed by atoms with Crippen LogP contribution in [0.1, 0.15) is 37.1 Å². The number of amides is 1. The van der Waals surface area contributed by atoms with Crippen LogP contribution >= 0.6 is 11.6 Å². The van der Waals surface area contributed by atoms with Crippen molar-refractivity contribution in [3.63, 3.8) is 0 Å². The Morgan fingerprint density at radius 3 is 2.50 bits per heavy atom. The molecule has 1 atom stereocenters. The number of hydrogen-bond donors (Lipinski definition) is 1. The molecule has 3 heterocycles. The zero-order valence-corrected chi connectivity index (χ0v) is 20.0. The quantitative estimate of drug-likeness (QED) is 0.686. The number of carbonyl (C=O) groups is 1. The smallest absolute Gasteiger partial charge is 0.246 e. The van der Waals surface area contributed by atoms with E-state index in [1.54, 1.807) is 42.8 Å². The second kappa shape index (κ2) is 9.51. The average molecular weight is 481 g/mol. The molecule has 2 aliphatic rings. The van der Waals surface area contributed by atoms with Gasteiger partial charge in [-0.25, -0.2) is 13.1 Å². The molecule has 0 aliphatic carbocycles. The molecule has 10 heteroatoms. The second-order valence-electron chi connectivity index (χ2n) is 8.45. The Labute approximate surface area is 193 Å². The summed E-state index contributed by atoms with van der Waals surface area (Å²) in [6, 6.07) is 7.10. The molecule has 2 saturated heterocycles. The van der Waals surface area contributed by atoms with E-state index in [-0.39, 0.29) is 22.8 Å². The molecule has 0 unspecified atom stereocenters. The second-order valence-corrected chi connectivity index (χ2v) is 10.8. The van der Waals surface area contributed by atoms with Crippen molar-refractivity contribution in [1.29, 1.82) is 0 Å². The summed E-state index contributed by atoms with van der Waals surface area (Å²) >= 11 is 5.97. The van der Waals surface area contributed by atoms with E-state index >= 15 is 0 Å². The molecule has 1 aromatic heterocycles. The minimum atomic E-state index is -3.72. The van der Waals surface area contributed by atoms with Crippen molar-refractivity contribution >= 4 is 27.5 Å². The topological polar surface area (TPSA) is 93.5 Å². The van der Waals surface area contributed by atoms with Gasteiger partial charge in [-0.15, -0.1) is 0 Å². The molecule has 2 fully saturated rings. The molecular formula is C22H29ClN4O4S. The van der Waals surface area contributed by atoms with E-state index in [0.717, 1.165) is 25.1 Å². The van der Waals surface area contributed by atoms with Gasteiger partial charge < -0.3 is 10.1 Å². The molecule has 1 N–H and O–H groups in total. The normalized spacial score (nSPS) is 20.5. The van der Waals surface area contributed by atoms with E-state index in [2.05, 4.69) is 10.4 Å². The summed E-state index contributed by atoms with van der Waals surface area (Å²) in [5, 5.41) is 8.04. The molecule has 32 heavy (non-hydrogen) atoms. The van der Waals surface area contributed by atoms with Crippen LogP contribution in [0, 0.1) is 19.8 Å². The number of halogens is 1. The highest BCUT2D eigenvalue weighted by molar-refractivity contribution is 7.89. The zero-order valence-electron chi connectivity index (χ0n) is 18.4. The Bertz CT molecular complexity index is 1070. The Hall–Kier alpha value is -1.94. The largest absolute Gasteiger partial charge is 0.376 e. The van der Waals surface area contributed by atoms with Crippen molar-refractivity contribution in [3.05, 3.63) is 40.7 Å². The van der Waals surface area contributed by atoms with Gasteiger partial charge in [0.05, 0.1) is 23.2 Å². The summed E-state index contributed by atoms with van der Waals surface area (Å²) in [6.07, 6.45) is 3.10. The number of benzene rings is 1. The number of nitrogens with one attached hydrogen (secondary N) is 1. The van der Waals surface area contributed by atoms with Crippen molar-refractivity contribution in [1.82, 2.24) is 19.4 Å². The highest BCUT2D eigenvalue weighted by Crippen LogP contribution is 2.29. The molecule has 2 aromatic rings. The van der Waals surface area contributed by atoms with Gasteiger partial charge in [0.1, 0.15) is 4.90 Å². The van der Waals surface area contributed by atoms with Crippen LogP contribution in [0.5, 0.6) is 0 Å². The summed E-state index contributed by atoms with van der Waals surface area (Å²) < 4.78 is 35.5. The predicted octanol–water partition coefficient (Wildman–Crippen LogP) is 2.84. The Balaban J connectivity index is 1.43. The minimum Gasteiger partial charge on any atom is -0.376 e. The van der Waals surface area contributed by atoms with Gasteiger partial charge in [-0.1, -0.05) is 11.6 Å². The Morgan fingerprint density at radius 2 is 1.88 bits per heavy atom. The van der Waals surface area contributed by atoms with E-state index in [1.165, 1.54) is 4.31 Å². The number of hydrogen-bond acceptors (Lipinski definition) is 5. The Kier molecular flexibility index (Phi) is 6.90. The fourth-order valence-electron chi connectivity index (χ4n) is 4.49. The predicted molar refractivity (Wildman–Crippen MR) is 122 cm³/mol. The number of aryl methyl sites for hydroxylation is 1. The zero-order chi connectivity index (χ0) is 22.9. The third-order valence-electron chi connectivity index (χ3n) is 6.25. The molecule has 0 spiro atoms. The summed E-state index contributed by atoms with van der Waals surface area (Å²) in [7, 11) is -3.72. The molecule has 2 aliphatic heterocycles. The van der Waals surface area contributed by atoms with Crippen LogP contribution in [0.4, 0.5) is 0 Å². The molecular weight excluding hydrogens is 452 g/mol. The van der Waals surface area contributed by atoms with Crippen LogP contribution in [-0.4, -0.2) is 60.8 Å². The van der Waals surface area contributed by atoms with Crippen molar-refractivity contribution in [3.8, 4) is 5.69 Å². The summed E-state index contributed by atoms with van der Waals surface area (Å²) in [5.41, 5.74) is 1.76. The van der Waals surface area contributed by atoms with Gasteiger partial charge in [0.25, 0.3) is 0 Å². The first-order valence-corrected chi connectivity index (χ1v) is 12.8. The maximum Gasteiger partial charge on any atom is 0.246 e. The highest BCUT2D eigenvalue weighted by Gasteiger charge is 2.35. The highest BCUT2D eigenvalue weighted by atomic mass is 35.5.